The van der Waals surface area contributed by atoms with Crippen molar-refractivity contribution in [2.24, 2.45) is 11.8 Å². The van der Waals surface area contributed by atoms with E-state index in [1.54, 1.807) is 11.8 Å². The largest absolute Gasteiger partial charge is 0.469 e. The van der Waals surface area contributed by atoms with E-state index in [9.17, 15) is 14.4 Å². The van der Waals surface area contributed by atoms with E-state index in [4.69, 9.17) is 4.74 Å². The van der Waals surface area contributed by atoms with Crippen LogP contribution in [0.2, 0.25) is 0 Å². The third-order valence-corrected chi connectivity index (χ3v) is 5.64. The summed E-state index contributed by atoms with van der Waals surface area (Å²) in [6, 6.07) is 6.99. The summed E-state index contributed by atoms with van der Waals surface area (Å²) in [5.41, 5.74) is 1.66. The van der Waals surface area contributed by atoms with Crippen molar-refractivity contribution in [3.05, 3.63) is 35.4 Å². The van der Waals surface area contributed by atoms with Gasteiger partial charge in [0.05, 0.1) is 13.0 Å². The maximum atomic E-state index is 12.5. The van der Waals surface area contributed by atoms with Crippen molar-refractivity contribution in [2.75, 3.05) is 13.7 Å². The molecular formula is C20H26N2O4. The maximum absolute atomic E-state index is 12.5. The molecule has 0 aromatic heterocycles. The lowest BCUT2D eigenvalue weighted by molar-refractivity contribution is -0.146. The highest BCUT2D eigenvalue weighted by molar-refractivity contribution is 6.01. The van der Waals surface area contributed by atoms with Gasteiger partial charge in [0.1, 0.15) is 6.04 Å². The maximum Gasteiger partial charge on any atom is 0.308 e. The molecule has 140 valence electrons. The van der Waals surface area contributed by atoms with Crippen molar-refractivity contribution in [3.8, 4) is 0 Å². The highest BCUT2D eigenvalue weighted by Gasteiger charge is 2.34. The second-order valence-corrected chi connectivity index (χ2v) is 7.25. The zero-order valence-corrected chi connectivity index (χ0v) is 15.4. The molecule has 1 aromatic rings. The fraction of sp³-hybridized carbons (Fsp3) is 0.550. The minimum Gasteiger partial charge on any atom is -0.469 e. The van der Waals surface area contributed by atoms with Crippen LogP contribution in [0.5, 0.6) is 0 Å². The van der Waals surface area contributed by atoms with Gasteiger partial charge in [-0.25, -0.2) is 0 Å². The van der Waals surface area contributed by atoms with Gasteiger partial charge < -0.3 is 15.0 Å². The van der Waals surface area contributed by atoms with Crippen molar-refractivity contribution in [1.29, 1.82) is 0 Å². The van der Waals surface area contributed by atoms with Crippen molar-refractivity contribution < 1.29 is 19.1 Å². The summed E-state index contributed by atoms with van der Waals surface area (Å²) in [6.45, 7) is 2.84. The summed E-state index contributed by atoms with van der Waals surface area (Å²) < 4.78 is 4.80. The van der Waals surface area contributed by atoms with Gasteiger partial charge in [0.25, 0.3) is 5.91 Å². The third-order valence-electron chi connectivity index (χ3n) is 5.64. The molecule has 1 aliphatic carbocycles. The fourth-order valence-corrected chi connectivity index (χ4v) is 3.89. The van der Waals surface area contributed by atoms with Crippen molar-refractivity contribution in [1.82, 2.24) is 10.2 Å². The Bertz CT molecular complexity index is 695. The predicted molar refractivity (Wildman–Crippen MR) is 96.3 cm³/mol. The zero-order valence-electron chi connectivity index (χ0n) is 15.4. The van der Waals surface area contributed by atoms with Crippen molar-refractivity contribution >= 4 is 17.8 Å². The summed E-state index contributed by atoms with van der Waals surface area (Å²) in [4.78, 5) is 38.2. The topological polar surface area (TPSA) is 75.7 Å². The molecule has 1 fully saturated rings. The van der Waals surface area contributed by atoms with Crippen LogP contribution in [-0.4, -0.2) is 42.4 Å². The van der Waals surface area contributed by atoms with E-state index < -0.39 is 6.04 Å². The predicted octanol–water partition coefficient (Wildman–Crippen LogP) is 2.13. The van der Waals surface area contributed by atoms with E-state index in [1.807, 2.05) is 24.3 Å². The van der Waals surface area contributed by atoms with Crippen molar-refractivity contribution in [3.63, 3.8) is 0 Å². The first kappa shape index (κ1) is 18.4. The Labute approximate surface area is 153 Å². The summed E-state index contributed by atoms with van der Waals surface area (Å²) in [5.74, 6) is 0.0291. The molecule has 6 nitrogen and oxygen atoms in total. The monoisotopic (exact) mass is 358 g/mol. The molecule has 1 aromatic carbocycles. The quantitative estimate of drug-likeness (QED) is 0.818. The molecule has 6 heteroatoms. The van der Waals surface area contributed by atoms with Crippen LogP contribution >= 0.6 is 0 Å². The molecule has 1 N–H and O–H groups in total. The molecule has 3 rings (SSSR count). The number of rotatable bonds is 5. The number of nitrogens with one attached hydrogen (secondary N) is 1. The summed E-state index contributed by atoms with van der Waals surface area (Å²) in [7, 11) is 1.42. The molecular weight excluding hydrogens is 332 g/mol. The van der Waals surface area contributed by atoms with E-state index in [0.717, 1.165) is 31.2 Å². The SMILES string of the molecule is COC(=O)C1CCC(CNC(=O)[C@H](C)N2Cc3ccccc3C2=O)CC1. The van der Waals surface area contributed by atoms with Crippen LogP contribution in [0.3, 0.4) is 0 Å². The summed E-state index contributed by atoms with van der Waals surface area (Å²) >= 11 is 0. The lowest BCUT2D eigenvalue weighted by atomic mass is 9.82. The van der Waals surface area contributed by atoms with Gasteiger partial charge in [-0.15, -0.1) is 0 Å². The molecule has 26 heavy (non-hydrogen) atoms. The Morgan fingerprint density at radius 3 is 2.58 bits per heavy atom. The van der Waals surface area contributed by atoms with Gasteiger partial charge in [-0.05, 0) is 50.2 Å². The molecule has 1 saturated carbocycles. The van der Waals surface area contributed by atoms with Crippen LogP contribution < -0.4 is 5.32 Å². The number of hydrogen-bond acceptors (Lipinski definition) is 4. The first-order valence-corrected chi connectivity index (χ1v) is 9.25. The molecule has 2 amide bonds. The molecule has 0 saturated heterocycles. The second kappa shape index (κ2) is 7.89. The molecule has 0 radical (unpaired) electrons. The number of esters is 1. The van der Waals surface area contributed by atoms with Gasteiger partial charge in [-0.1, -0.05) is 18.2 Å². The molecule has 0 spiro atoms. The Hall–Kier alpha value is -2.37. The highest BCUT2D eigenvalue weighted by atomic mass is 16.5. The molecule has 1 heterocycles. The minimum absolute atomic E-state index is 0.00778. The number of hydrogen-bond donors (Lipinski definition) is 1. The highest BCUT2D eigenvalue weighted by Crippen LogP contribution is 2.29. The van der Waals surface area contributed by atoms with Crippen LogP contribution in [0.1, 0.15) is 48.5 Å². The lowest BCUT2D eigenvalue weighted by Crippen LogP contribution is -2.46. The van der Waals surface area contributed by atoms with Gasteiger partial charge in [0.2, 0.25) is 5.91 Å². The Morgan fingerprint density at radius 1 is 1.23 bits per heavy atom. The number of carbonyl (C=O) groups excluding carboxylic acids is 3. The average Bonchev–Trinajstić information content (AvgIpc) is 3.02. The molecule has 1 atom stereocenters. The van der Waals surface area contributed by atoms with E-state index in [0.29, 0.717) is 24.6 Å². The van der Waals surface area contributed by atoms with E-state index >= 15 is 0 Å². The number of nitrogens with zero attached hydrogens (tertiary/aromatic N) is 1. The van der Waals surface area contributed by atoms with Gasteiger partial charge in [-0.2, -0.15) is 0 Å². The van der Waals surface area contributed by atoms with Crippen LogP contribution in [0.25, 0.3) is 0 Å². The first-order valence-electron chi connectivity index (χ1n) is 9.25. The second-order valence-electron chi connectivity index (χ2n) is 7.25. The van der Waals surface area contributed by atoms with Crippen molar-refractivity contribution in [2.45, 2.75) is 45.2 Å². The Morgan fingerprint density at radius 2 is 1.92 bits per heavy atom. The van der Waals surface area contributed by atoms with Gasteiger partial charge >= 0.3 is 5.97 Å². The van der Waals surface area contributed by atoms with Gasteiger partial charge in [-0.3, -0.25) is 14.4 Å². The van der Waals surface area contributed by atoms with E-state index in [-0.39, 0.29) is 23.7 Å². The number of benzene rings is 1. The number of amides is 2. The Balaban J connectivity index is 1.47. The van der Waals surface area contributed by atoms with Gasteiger partial charge in [0.15, 0.2) is 0 Å². The lowest BCUT2D eigenvalue weighted by Gasteiger charge is -2.28. The smallest absolute Gasteiger partial charge is 0.308 e. The number of methoxy groups -OCH3 is 1. The molecule has 0 bridgehead atoms. The summed E-state index contributed by atoms with van der Waals surface area (Å²) in [5, 5.41) is 2.99. The van der Waals surface area contributed by atoms with E-state index in [2.05, 4.69) is 5.32 Å². The third kappa shape index (κ3) is 3.74. The summed E-state index contributed by atoms with van der Waals surface area (Å²) in [6.07, 6.45) is 3.43. The first-order chi connectivity index (χ1) is 12.5. The van der Waals surface area contributed by atoms with Crippen LogP contribution in [0.15, 0.2) is 24.3 Å². The Kier molecular flexibility index (Phi) is 5.59. The van der Waals surface area contributed by atoms with Gasteiger partial charge in [0, 0.05) is 18.7 Å². The number of fused-ring (bicyclic) bond motifs is 1. The molecule has 1 aliphatic heterocycles. The standard InChI is InChI=1S/C20H26N2O4/c1-13(22-12-16-5-3-4-6-17(16)19(22)24)18(23)21-11-14-7-9-15(10-8-14)20(25)26-2/h3-6,13-15H,7-12H2,1-2H3,(H,21,23)/t13-,14?,15?/m0/s1. The van der Waals surface area contributed by atoms with E-state index in [1.165, 1.54) is 7.11 Å². The molecule has 2 aliphatic rings. The van der Waals surface area contributed by atoms with Crippen LogP contribution in [0.4, 0.5) is 0 Å². The minimum atomic E-state index is -0.499. The van der Waals surface area contributed by atoms with Crippen LogP contribution in [-0.2, 0) is 20.9 Å². The number of carbonyl (C=O) groups is 3. The zero-order chi connectivity index (χ0) is 18.7. The average molecular weight is 358 g/mol. The fourth-order valence-electron chi connectivity index (χ4n) is 3.89. The normalized spacial score (nSPS) is 23.3. The van der Waals surface area contributed by atoms with Crippen LogP contribution in [0, 0.1) is 11.8 Å². The number of ether oxygens (including phenoxy) is 1. The molecule has 0 unspecified atom stereocenters.